The second kappa shape index (κ2) is 9.29. The monoisotopic (exact) mass is 492 g/mol. The van der Waals surface area contributed by atoms with Gasteiger partial charge in [-0.05, 0) is 42.7 Å². The molecule has 2 aromatic heterocycles. The number of amides is 1. The third kappa shape index (κ3) is 3.87. The lowest BCUT2D eigenvalue weighted by molar-refractivity contribution is -0.128. The summed E-state index contributed by atoms with van der Waals surface area (Å²) in [5.74, 6) is -1.27. The molecule has 0 radical (unpaired) electrons. The Morgan fingerprint density at radius 3 is 2.64 bits per heavy atom. The van der Waals surface area contributed by atoms with Crippen molar-refractivity contribution in [1.82, 2.24) is 19.8 Å². The van der Waals surface area contributed by atoms with Gasteiger partial charge < -0.3 is 19.4 Å². The molecule has 8 nitrogen and oxygen atoms in total. The number of carbonyl (C=O) groups excluding carboxylic acids is 1. The summed E-state index contributed by atoms with van der Waals surface area (Å²) in [4.78, 5) is 33.8. The van der Waals surface area contributed by atoms with Crippen LogP contribution in [-0.2, 0) is 17.9 Å². The number of hydrogen-bond acceptors (Lipinski definition) is 6. The van der Waals surface area contributed by atoms with Crippen LogP contribution >= 0.6 is 0 Å². The number of aliphatic hydroxyl groups is 1. The highest BCUT2D eigenvalue weighted by Gasteiger charge is 2.56. The number of benzene rings is 1. The van der Waals surface area contributed by atoms with Gasteiger partial charge in [0.2, 0.25) is 5.91 Å². The van der Waals surface area contributed by atoms with Crippen molar-refractivity contribution in [2.45, 2.75) is 56.9 Å². The summed E-state index contributed by atoms with van der Waals surface area (Å²) >= 11 is 0. The topological polar surface area (TPSA) is 101 Å². The van der Waals surface area contributed by atoms with E-state index >= 15 is 0 Å². The van der Waals surface area contributed by atoms with Crippen molar-refractivity contribution in [1.29, 1.82) is 0 Å². The molecule has 0 unspecified atom stereocenters. The zero-order valence-electron chi connectivity index (χ0n) is 19.8. The van der Waals surface area contributed by atoms with Gasteiger partial charge in [-0.25, -0.2) is 9.37 Å². The molecule has 2 fully saturated rings. The van der Waals surface area contributed by atoms with Gasteiger partial charge in [-0.1, -0.05) is 25.0 Å². The highest BCUT2D eigenvalue weighted by Crippen LogP contribution is 2.49. The van der Waals surface area contributed by atoms with Crippen LogP contribution in [0, 0.1) is 17.7 Å². The third-order valence-corrected chi connectivity index (χ3v) is 8.16. The molecule has 2 N–H and O–H groups in total. The van der Waals surface area contributed by atoms with E-state index in [1.165, 1.54) is 18.5 Å². The first-order chi connectivity index (χ1) is 17.5. The summed E-state index contributed by atoms with van der Waals surface area (Å²) in [7, 11) is 0. The molecule has 188 valence electrons. The molecule has 3 aliphatic rings. The Morgan fingerprint density at radius 1 is 1.17 bits per heavy atom. The van der Waals surface area contributed by atoms with Gasteiger partial charge in [0.1, 0.15) is 12.1 Å². The summed E-state index contributed by atoms with van der Waals surface area (Å²) in [5.41, 5.74) is 2.42. The SMILES string of the molecule is O=C(NC1CCCC1)[C@@H]1[C@@H](CO)[C@@H]2Cn3c(ccc(-c4ccc(F)cc4)c3=O)[C@H]1N2Cc1cocn1. The first kappa shape index (κ1) is 23.1. The molecule has 9 heteroatoms. The maximum absolute atomic E-state index is 13.7. The van der Waals surface area contributed by atoms with E-state index in [0.717, 1.165) is 37.1 Å². The maximum Gasteiger partial charge on any atom is 0.258 e. The number of hydrogen-bond donors (Lipinski definition) is 2. The highest BCUT2D eigenvalue weighted by atomic mass is 19.1. The van der Waals surface area contributed by atoms with Crippen molar-refractivity contribution in [3.8, 4) is 11.1 Å². The van der Waals surface area contributed by atoms with Crippen molar-refractivity contribution >= 4 is 5.91 Å². The second-order valence-corrected chi connectivity index (χ2v) is 10.1. The van der Waals surface area contributed by atoms with Crippen LogP contribution < -0.4 is 10.9 Å². The molecule has 2 aliphatic heterocycles. The first-order valence-electron chi connectivity index (χ1n) is 12.6. The van der Waals surface area contributed by atoms with Crippen LogP contribution in [-0.4, -0.2) is 44.2 Å². The molecule has 1 aliphatic carbocycles. The van der Waals surface area contributed by atoms with Gasteiger partial charge in [-0.2, -0.15) is 0 Å². The molecule has 6 rings (SSSR count). The van der Waals surface area contributed by atoms with Gasteiger partial charge >= 0.3 is 0 Å². The second-order valence-electron chi connectivity index (χ2n) is 10.1. The van der Waals surface area contributed by atoms with Crippen molar-refractivity contribution in [3.63, 3.8) is 0 Å². The van der Waals surface area contributed by atoms with Crippen molar-refractivity contribution in [2.75, 3.05) is 6.61 Å². The highest BCUT2D eigenvalue weighted by molar-refractivity contribution is 5.81. The Morgan fingerprint density at radius 2 is 1.94 bits per heavy atom. The first-order valence-corrected chi connectivity index (χ1v) is 12.6. The number of nitrogens with zero attached hydrogens (tertiary/aromatic N) is 3. The molecule has 1 saturated heterocycles. The van der Waals surface area contributed by atoms with Crippen molar-refractivity contribution in [3.05, 3.63) is 76.6 Å². The van der Waals surface area contributed by atoms with E-state index in [1.54, 1.807) is 29.0 Å². The predicted molar refractivity (Wildman–Crippen MR) is 129 cm³/mol. The minimum absolute atomic E-state index is 0.0675. The Balaban J connectivity index is 1.42. The maximum atomic E-state index is 13.7. The van der Waals surface area contributed by atoms with E-state index in [-0.39, 0.29) is 41.9 Å². The fraction of sp³-hybridized carbons (Fsp3) is 0.444. The van der Waals surface area contributed by atoms with E-state index in [2.05, 4.69) is 15.2 Å². The zero-order valence-corrected chi connectivity index (χ0v) is 19.8. The molecule has 1 saturated carbocycles. The van der Waals surface area contributed by atoms with Gasteiger partial charge in [-0.15, -0.1) is 0 Å². The Labute approximate surface area is 207 Å². The number of oxazole rings is 1. The number of rotatable bonds is 6. The summed E-state index contributed by atoms with van der Waals surface area (Å²) in [6.45, 7) is 0.631. The normalized spacial score (nSPS) is 25.7. The van der Waals surface area contributed by atoms with Crippen molar-refractivity contribution < 1.29 is 18.7 Å². The third-order valence-electron chi connectivity index (χ3n) is 8.16. The lowest BCUT2D eigenvalue weighted by atomic mass is 9.86. The van der Waals surface area contributed by atoms with E-state index in [9.17, 15) is 19.1 Å². The molecular weight excluding hydrogens is 463 g/mol. The predicted octanol–water partition coefficient (Wildman–Crippen LogP) is 2.87. The zero-order chi connectivity index (χ0) is 24.8. The van der Waals surface area contributed by atoms with E-state index < -0.39 is 12.0 Å². The number of aliphatic hydroxyl groups excluding tert-OH is 1. The van der Waals surface area contributed by atoms with Crippen molar-refractivity contribution in [2.24, 2.45) is 11.8 Å². The van der Waals surface area contributed by atoms with Gasteiger partial charge in [-0.3, -0.25) is 14.5 Å². The molecule has 1 aromatic carbocycles. The molecule has 36 heavy (non-hydrogen) atoms. The average molecular weight is 493 g/mol. The van der Waals surface area contributed by atoms with Crippen LogP contribution in [0.15, 0.2) is 58.3 Å². The summed E-state index contributed by atoms with van der Waals surface area (Å²) in [6, 6.07) is 9.06. The number of aromatic nitrogens is 2. The molecule has 3 aromatic rings. The molecular formula is C27H29FN4O4. The van der Waals surface area contributed by atoms with Crippen LogP contribution in [0.1, 0.15) is 43.1 Å². The van der Waals surface area contributed by atoms with Crippen LogP contribution in [0.3, 0.4) is 0 Å². The van der Waals surface area contributed by atoms with Gasteiger partial charge in [0.25, 0.3) is 5.56 Å². The minimum Gasteiger partial charge on any atom is -0.451 e. The smallest absolute Gasteiger partial charge is 0.258 e. The summed E-state index contributed by atoms with van der Waals surface area (Å²) in [5, 5.41) is 13.7. The number of pyridine rings is 1. The Hall–Kier alpha value is -3.30. The van der Waals surface area contributed by atoms with Crippen LogP contribution in [0.2, 0.25) is 0 Å². The van der Waals surface area contributed by atoms with Crippen LogP contribution in [0.4, 0.5) is 4.39 Å². The molecule has 1 amide bonds. The number of carbonyl (C=O) groups is 1. The Kier molecular flexibility index (Phi) is 5.97. The quantitative estimate of drug-likeness (QED) is 0.549. The number of nitrogens with one attached hydrogen (secondary N) is 1. The van der Waals surface area contributed by atoms with Gasteiger partial charge in [0.05, 0.1) is 17.7 Å². The van der Waals surface area contributed by atoms with Gasteiger partial charge in [0, 0.05) is 49.0 Å². The molecule has 4 atom stereocenters. The van der Waals surface area contributed by atoms with Crippen LogP contribution in [0.25, 0.3) is 11.1 Å². The minimum atomic E-state index is -0.502. The van der Waals surface area contributed by atoms with E-state index in [0.29, 0.717) is 24.2 Å². The summed E-state index contributed by atoms with van der Waals surface area (Å²) in [6.07, 6.45) is 7.11. The number of fused-ring (bicyclic) bond motifs is 4. The lowest BCUT2D eigenvalue weighted by Crippen LogP contribution is -2.46. The molecule has 2 bridgehead atoms. The fourth-order valence-corrected chi connectivity index (χ4v) is 6.46. The molecule has 4 heterocycles. The lowest BCUT2D eigenvalue weighted by Gasteiger charge is -2.38. The van der Waals surface area contributed by atoms with E-state index in [4.69, 9.17) is 4.42 Å². The molecule has 0 spiro atoms. The largest absolute Gasteiger partial charge is 0.451 e. The Bertz CT molecular complexity index is 1300. The average Bonchev–Trinajstić information content (AvgIpc) is 3.62. The number of halogens is 1. The van der Waals surface area contributed by atoms with E-state index in [1.807, 2.05) is 6.07 Å². The fourth-order valence-electron chi connectivity index (χ4n) is 6.46. The van der Waals surface area contributed by atoms with Crippen LogP contribution in [0.5, 0.6) is 0 Å². The standard InChI is InChI=1S/C27H29FN4O4/c28-17-7-5-16(6-8-17)20-9-10-22-25-24(26(34)30-18-3-1-2-4-18)21(13-33)23(12-32(22)27(20)35)31(25)11-19-14-36-15-29-19/h5-10,14-15,18,21,23-25,33H,1-4,11-13H2,(H,30,34)/t21-,23-,24+,25+/m0/s1. The van der Waals surface area contributed by atoms with Gasteiger partial charge in [0.15, 0.2) is 6.39 Å². The summed E-state index contributed by atoms with van der Waals surface area (Å²) < 4.78 is 20.4.